The summed E-state index contributed by atoms with van der Waals surface area (Å²) in [4.78, 5) is 11.1. The summed E-state index contributed by atoms with van der Waals surface area (Å²) in [5.41, 5.74) is 0. The molecule has 0 saturated heterocycles. The zero-order valence-electron chi connectivity index (χ0n) is 8.48. The number of halogens is 3. The summed E-state index contributed by atoms with van der Waals surface area (Å²) in [7, 11) is 0. The highest BCUT2D eigenvalue weighted by molar-refractivity contribution is 6.21. The van der Waals surface area contributed by atoms with Crippen molar-refractivity contribution in [2.24, 2.45) is 0 Å². The molecule has 0 aromatic carbocycles. The van der Waals surface area contributed by atoms with Crippen LogP contribution < -0.4 is 0 Å². The van der Waals surface area contributed by atoms with Crippen molar-refractivity contribution >= 4 is 17.6 Å². The van der Waals surface area contributed by atoms with Crippen LogP contribution in [0.5, 0.6) is 0 Å². The molecule has 1 fully saturated rings. The van der Waals surface area contributed by atoms with Gasteiger partial charge in [-0.3, -0.25) is 4.79 Å². The SMILES string of the molecule is O=C(CCC(F)(F)Cl)OC1CCCCC1. The fourth-order valence-corrected chi connectivity index (χ4v) is 1.77. The molecule has 15 heavy (non-hydrogen) atoms. The third-order valence-electron chi connectivity index (χ3n) is 2.46. The third-order valence-corrected chi connectivity index (χ3v) is 2.65. The van der Waals surface area contributed by atoms with Gasteiger partial charge >= 0.3 is 11.4 Å². The van der Waals surface area contributed by atoms with Crippen LogP contribution in [-0.4, -0.2) is 17.5 Å². The lowest BCUT2D eigenvalue weighted by molar-refractivity contribution is -0.151. The van der Waals surface area contributed by atoms with Gasteiger partial charge < -0.3 is 4.74 Å². The van der Waals surface area contributed by atoms with Crippen molar-refractivity contribution in [2.75, 3.05) is 0 Å². The standard InChI is InChI=1S/C10H15ClF2O2/c11-10(12,13)7-6-9(14)15-8-4-2-1-3-5-8/h8H,1-7H2. The van der Waals surface area contributed by atoms with Gasteiger partial charge in [0.2, 0.25) is 0 Å². The Kier molecular flexibility index (Phi) is 4.77. The largest absolute Gasteiger partial charge is 0.462 e. The van der Waals surface area contributed by atoms with Crippen molar-refractivity contribution < 1.29 is 18.3 Å². The number of hydrogen-bond donors (Lipinski definition) is 0. The quantitative estimate of drug-likeness (QED) is 0.556. The van der Waals surface area contributed by atoms with Crippen molar-refractivity contribution in [3.63, 3.8) is 0 Å². The molecule has 1 aliphatic carbocycles. The molecule has 0 radical (unpaired) electrons. The highest BCUT2D eigenvalue weighted by atomic mass is 35.5. The second-order valence-electron chi connectivity index (χ2n) is 3.87. The van der Waals surface area contributed by atoms with Gasteiger partial charge in [0, 0.05) is 6.42 Å². The lowest BCUT2D eigenvalue weighted by atomic mass is 9.98. The van der Waals surface area contributed by atoms with Crippen LogP contribution >= 0.6 is 11.6 Å². The third kappa shape index (κ3) is 5.92. The lowest BCUT2D eigenvalue weighted by Gasteiger charge is -2.21. The van der Waals surface area contributed by atoms with Gasteiger partial charge in [-0.05, 0) is 37.3 Å². The predicted molar refractivity (Wildman–Crippen MR) is 53.0 cm³/mol. The van der Waals surface area contributed by atoms with Gasteiger partial charge in [0.1, 0.15) is 6.10 Å². The molecular weight excluding hydrogens is 226 g/mol. The number of hydrogen-bond acceptors (Lipinski definition) is 2. The maximum absolute atomic E-state index is 12.2. The summed E-state index contributed by atoms with van der Waals surface area (Å²) in [6.07, 6.45) is 3.91. The maximum atomic E-state index is 12.2. The fraction of sp³-hybridized carbons (Fsp3) is 0.900. The van der Waals surface area contributed by atoms with Gasteiger partial charge in [0.15, 0.2) is 0 Å². The summed E-state index contributed by atoms with van der Waals surface area (Å²) in [6, 6.07) is 0. The van der Waals surface area contributed by atoms with Crippen molar-refractivity contribution in [2.45, 2.75) is 56.4 Å². The van der Waals surface area contributed by atoms with Crippen LogP contribution in [0, 0.1) is 0 Å². The zero-order valence-corrected chi connectivity index (χ0v) is 9.23. The summed E-state index contributed by atoms with van der Waals surface area (Å²) >= 11 is 4.68. The number of rotatable bonds is 4. The van der Waals surface area contributed by atoms with E-state index >= 15 is 0 Å². The normalized spacial score (nSPS) is 18.9. The smallest absolute Gasteiger partial charge is 0.322 e. The minimum absolute atomic E-state index is 0.0739. The van der Waals surface area contributed by atoms with Crippen LogP contribution in [0.1, 0.15) is 44.9 Å². The molecule has 0 heterocycles. The topological polar surface area (TPSA) is 26.3 Å². The zero-order chi connectivity index (χ0) is 11.3. The Bertz CT molecular complexity index is 210. The Morgan fingerprint density at radius 1 is 1.33 bits per heavy atom. The van der Waals surface area contributed by atoms with E-state index in [9.17, 15) is 13.6 Å². The second kappa shape index (κ2) is 5.64. The fourth-order valence-electron chi connectivity index (χ4n) is 1.67. The van der Waals surface area contributed by atoms with E-state index in [0.29, 0.717) is 0 Å². The van der Waals surface area contributed by atoms with E-state index in [0.717, 1.165) is 32.1 Å². The van der Waals surface area contributed by atoms with Crippen molar-refractivity contribution in [1.29, 1.82) is 0 Å². The Hall–Kier alpha value is -0.380. The van der Waals surface area contributed by atoms with E-state index in [1.54, 1.807) is 0 Å². The lowest BCUT2D eigenvalue weighted by Crippen LogP contribution is -2.21. The summed E-state index contributed by atoms with van der Waals surface area (Å²) in [6.45, 7) is 0. The molecule has 0 spiro atoms. The van der Waals surface area contributed by atoms with Crippen LogP contribution in [0.15, 0.2) is 0 Å². The first kappa shape index (κ1) is 12.7. The van der Waals surface area contributed by atoms with E-state index in [4.69, 9.17) is 4.74 Å². The van der Waals surface area contributed by atoms with Gasteiger partial charge in [-0.2, -0.15) is 8.78 Å². The number of carbonyl (C=O) groups is 1. The van der Waals surface area contributed by atoms with E-state index in [2.05, 4.69) is 11.6 Å². The molecule has 0 atom stereocenters. The minimum Gasteiger partial charge on any atom is -0.462 e. The molecule has 1 aliphatic rings. The number of ether oxygens (including phenoxy) is 1. The Balaban J connectivity index is 2.17. The van der Waals surface area contributed by atoms with E-state index in [-0.39, 0.29) is 12.5 Å². The van der Waals surface area contributed by atoms with E-state index in [1.165, 1.54) is 0 Å². The molecule has 2 nitrogen and oxygen atoms in total. The number of esters is 1. The van der Waals surface area contributed by atoms with Gasteiger partial charge in [-0.15, -0.1) is 0 Å². The highest BCUT2D eigenvalue weighted by Gasteiger charge is 2.27. The van der Waals surface area contributed by atoms with E-state index < -0.39 is 17.8 Å². The minimum atomic E-state index is -3.30. The van der Waals surface area contributed by atoms with Crippen LogP contribution in [0.2, 0.25) is 0 Å². The van der Waals surface area contributed by atoms with Crippen molar-refractivity contribution in [3.8, 4) is 0 Å². The summed E-state index contributed by atoms with van der Waals surface area (Å²) in [5.74, 6) is -0.567. The molecule has 5 heteroatoms. The van der Waals surface area contributed by atoms with Crippen LogP contribution in [0.25, 0.3) is 0 Å². The molecule has 0 aromatic heterocycles. The van der Waals surface area contributed by atoms with Gasteiger partial charge in [0.05, 0.1) is 6.42 Å². The molecule has 0 amide bonds. The van der Waals surface area contributed by atoms with Crippen LogP contribution in [-0.2, 0) is 9.53 Å². The average Bonchev–Trinajstić information content (AvgIpc) is 2.15. The molecule has 1 saturated carbocycles. The monoisotopic (exact) mass is 240 g/mol. The van der Waals surface area contributed by atoms with Crippen LogP contribution in [0.3, 0.4) is 0 Å². The molecule has 0 aliphatic heterocycles. The predicted octanol–water partition coefficient (Wildman–Crippen LogP) is 3.47. The molecule has 1 rings (SSSR count). The molecule has 0 aromatic rings. The van der Waals surface area contributed by atoms with Crippen molar-refractivity contribution in [1.82, 2.24) is 0 Å². The molecule has 0 unspecified atom stereocenters. The number of alkyl halides is 3. The first-order valence-electron chi connectivity index (χ1n) is 5.23. The Morgan fingerprint density at radius 2 is 1.93 bits per heavy atom. The molecular formula is C10H15ClF2O2. The Morgan fingerprint density at radius 3 is 2.47 bits per heavy atom. The van der Waals surface area contributed by atoms with Crippen molar-refractivity contribution in [3.05, 3.63) is 0 Å². The highest BCUT2D eigenvalue weighted by Crippen LogP contribution is 2.26. The first-order valence-corrected chi connectivity index (χ1v) is 5.61. The van der Waals surface area contributed by atoms with E-state index in [1.807, 2.05) is 0 Å². The van der Waals surface area contributed by atoms with Gasteiger partial charge in [-0.25, -0.2) is 0 Å². The maximum Gasteiger partial charge on any atom is 0.322 e. The van der Waals surface area contributed by atoms with Gasteiger partial charge in [0.25, 0.3) is 0 Å². The Labute approximate surface area is 92.9 Å². The molecule has 0 bridgehead atoms. The summed E-state index contributed by atoms with van der Waals surface area (Å²) < 4.78 is 29.5. The number of carbonyl (C=O) groups excluding carboxylic acids is 1. The van der Waals surface area contributed by atoms with Gasteiger partial charge in [-0.1, -0.05) is 6.42 Å². The first-order chi connectivity index (χ1) is 6.97. The molecule has 88 valence electrons. The summed E-state index contributed by atoms with van der Waals surface area (Å²) in [5, 5.41) is -3.30. The van der Waals surface area contributed by atoms with Crippen LogP contribution in [0.4, 0.5) is 8.78 Å². The molecule has 0 N–H and O–H groups in total. The average molecular weight is 241 g/mol. The second-order valence-corrected chi connectivity index (χ2v) is 4.42.